The zero-order valence-corrected chi connectivity index (χ0v) is 15.6. The van der Waals surface area contributed by atoms with Crippen molar-refractivity contribution in [2.45, 2.75) is 45.4 Å². The number of hydrogen-bond donors (Lipinski definition) is 1. The van der Waals surface area contributed by atoms with Crippen molar-refractivity contribution >= 4 is 52.4 Å². The molecule has 0 radical (unpaired) electrons. The summed E-state index contributed by atoms with van der Waals surface area (Å²) >= 11 is 18.9. The van der Waals surface area contributed by atoms with Gasteiger partial charge in [-0.2, -0.15) is 0 Å². The molecule has 1 atom stereocenters. The number of rotatable bonds is 7. The summed E-state index contributed by atoms with van der Waals surface area (Å²) in [6.45, 7) is 3.82. The number of halogens is 3. The van der Waals surface area contributed by atoms with Gasteiger partial charge in [0, 0.05) is 11.4 Å². The average Bonchev–Trinajstić information content (AvgIpc) is 2.50. The molecule has 23 heavy (non-hydrogen) atoms. The number of hydrogen-bond acceptors (Lipinski definition) is 3. The largest absolute Gasteiger partial charge is 0.469 e. The Bertz CT molecular complexity index is 590. The molecule has 1 amide bonds. The van der Waals surface area contributed by atoms with Gasteiger partial charge in [-0.1, -0.05) is 48.7 Å². The van der Waals surface area contributed by atoms with Crippen LogP contribution in [0.5, 0.6) is 0 Å². The number of nitrogens with one attached hydrogen (secondary N) is 1. The summed E-state index contributed by atoms with van der Waals surface area (Å²) in [5.74, 6) is -0.748. The van der Waals surface area contributed by atoms with Gasteiger partial charge < -0.3 is 10.1 Å². The molecule has 0 saturated carbocycles. The van der Waals surface area contributed by atoms with Gasteiger partial charge in [-0.3, -0.25) is 9.59 Å². The van der Waals surface area contributed by atoms with Gasteiger partial charge in [-0.25, -0.2) is 0 Å². The Morgan fingerprint density at radius 1 is 1.22 bits per heavy atom. The Hall–Kier alpha value is -0.970. The molecule has 1 aromatic rings. The molecule has 1 rings (SSSR count). The highest BCUT2D eigenvalue weighted by atomic mass is 35.5. The standard InChI is InChI=1S/C16H20Cl3NO3/c1-4-6-12(21)20-16-11(18)8-10(17)14(15(16)19)9(5-2)7-13(22)23-3/h8-9H,4-7H2,1-3H3,(H,20,21). The number of amides is 1. The van der Waals surface area contributed by atoms with Crippen LogP contribution in [0.4, 0.5) is 5.69 Å². The van der Waals surface area contributed by atoms with Gasteiger partial charge in [-0.05, 0) is 30.4 Å². The van der Waals surface area contributed by atoms with E-state index < -0.39 is 0 Å². The van der Waals surface area contributed by atoms with E-state index in [-0.39, 0.29) is 34.3 Å². The fourth-order valence-electron chi connectivity index (χ4n) is 2.26. The highest BCUT2D eigenvalue weighted by Gasteiger charge is 2.24. The quantitative estimate of drug-likeness (QED) is 0.641. The summed E-state index contributed by atoms with van der Waals surface area (Å²) in [5, 5.41) is 3.61. The van der Waals surface area contributed by atoms with Crippen LogP contribution < -0.4 is 5.32 Å². The van der Waals surface area contributed by atoms with E-state index in [2.05, 4.69) is 5.32 Å². The summed E-state index contributed by atoms with van der Waals surface area (Å²) in [6, 6.07) is 1.53. The first-order valence-electron chi connectivity index (χ1n) is 7.39. The Kier molecular flexibility index (Phi) is 8.17. The monoisotopic (exact) mass is 379 g/mol. The normalized spacial score (nSPS) is 11.9. The second-order valence-corrected chi connectivity index (χ2v) is 6.32. The number of esters is 1. The molecule has 1 N–H and O–H groups in total. The molecule has 0 aliphatic carbocycles. The van der Waals surface area contributed by atoms with E-state index in [4.69, 9.17) is 39.5 Å². The SMILES string of the molecule is CCCC(=O)Nc1c(Cl)cc(Cl)c(C(CC)CC(=O)OC)c1Cl. The molecule has 7 heteroatoms. The van der Waals surface area contributed by atoms with Crippen LogP contribution in [0.15, 0.2) is 6.07 Å². The van der Waals surface area contributed by atoms with E-state index in [1.54, 1.807) is 0 Å². The summed E-state index contributed by atoms with van der Waals surface area (Å²) < 4.78 is 4.71. The maximum Gasteiger partial charge on any atom is 0.306 e. The van der Waals surface area contributed by atoms with Crippen LogP contribution in [0.2, 0.25) is 15.1 Å². The minimum absolute atomic E-state index is 0.149. The van der Waals surface area contributed by atoms with E-state index in [0.717, 1.165) is 0 Å². The third-order valence-corrected chi connectivity index (χ3v) is 4.49. The molecule has 0 fully saturated rings. The van der Waals surface area contributed by atoms with Gasteiger partial charge in [-0.15, -0.1) is 0 Å². The van der Waals surface area contributed by atoms with Gasteiger partial charge in [0.15, 0.2) is 0 Å². The molecule has 0 aliphatic heterocycles. The van der Waals surface area contributed by atoms with Gasteiger partial charge in [0.2, 0.25) is 5.91 Å². The smallest absolute Gasteiger partial charge is 0.306 e. The second-order valence-electron chi connectivity index (χ2n) is 5.13. The van der Waals surface area contributed by atoms with Gasteiger partial charge in [0.1, 0.15) is 0 Å². The molecule has 128 valence electrons. The van der Waals surface area contributed by atoms with Crippen LogP contribution >= 0.6 is 34.8 Å². The first kappa shape index (κ1) is 20.1. The van der Waals surface area contributed by atoms with Crippen LogP contribution in [0, 0.1) is 0 Å². The Labute approximate surface area is 151 Å². The van der Waals surface area contributed by atoms with Crippen LogP contribution in [0.1, 0.15) is 51.0 Å². The maximum atomic E-state index is 11.8. The molecule has 0 aromatic heterocycles. The third kappa shape index (κ3) is 5.27. The molecule has 0 saturated heterocycles. The maximum absolute atomic E-state index is 11.8. The molecule has 0 bridgehead atoms. The van der Waals surface area contributed by atoms with Crippen molar-refractivity contribution in [1.29, 1.82) is 0 Å². The Morgan fingerprint density at radius 3 is 2.39 bits per heavy atom. The van der Waals surface area contributed by atoms with Gasteiger partial charge in [0.05, 0.1) is 29.3 Å². The number of methoxy groups -OCH3 is 1. The fourth-order valence-corrected chi connectivity index (χ4v) is 3.42. The molecule has 1 unspecified atom stereocenters. The predicted molar refractivity (Wildman–Crippen MR) is 94.7 cm³/mol. The van der Waals surface area contributed by atoms with Crippen molar-refractivity contribution in [2.24, 2.45) is 0 Å². The third-order valence-electron chi connectivity index (χ3n) is 3.49. The number of carbonyl (C=O) groups is 2. The minimum atomic E-state index is -0.351. The fraction of sp³-hybridized carbons (Fsp3) is 0.500. The predicted octanol–water partition coefficient (Wildman–Crippen LogP) is 5.44. The number of carbonyl (C=O) groups excluding carboxylic acids is 2. The lowest BCUT2D eigenvalue weighted by Crippen LogP contribution is -2.14. The molecule has 0 heterocycles. The lowest BCUT2D eigenvalue weighted by molar-refractivity contribution is -0.141. The molecular weight excluding hydrogens is 361 g/mol. The van der Waals surface area contributed by atoms with E-state index in [1.807, 2.05) is 13.8 Å². The summed E-state index contributed by atoms with van der Waals surface area (Å²) in [7, 11) is 1.33. The van der Waals surface area contributed by atoms with Crippen LogP contribution in [0.25, 0.3) is 0 Å². The summed E-state index contributed by atoms with van der Waals surface area (Å²) in [6.07, 6.45) is 1.86. The molecule has 4 nitrogen and oxygen atoms in total. The highest BCUT2D eigenvalue weighted by molar-refractivity contribution is 6.43. The summed E-state index contributed by atoms with van der Waals surface area (Å²) in [5.41, 5.74) is 0.923. The number of benzene rings is 1. The number of anilines is 1. The van der Waals surface area contributed by atoms with E-state index in [9.17, 15) is 9.59 Å². The average molecular weight is 381 g/mol. The zero-order valence-electron chi connectivity index (χ0n) is 13.3. The van der Waals surface area contributed by atoms with E-state index in [1.165, 1.54) is 13.2 Å². The first-order chi connectivity index (χ1) is 10.8. The Morgan fingerprint density at radius 2 is 1.87 bits per heavy atom. The van der Waals surface area contributed by atoms with Crippen molar-refractivity contribution in [1.82, 2.24) is 0 Å². The van der Waals surface area contributed by atoms with Crippen molar-refractivity contribution in [3.8, 4) is 0 Å². The van der Waals surface area contributed by atoms with E-state index >= 15 is 0 Å². The number of ether oxygens (including phenoxy) is 1. The lowest BCUT2D eigenvalue weighted by Gasteiger charge is -2.20. The minimum Gasteiger partial charge on any atom is -0.469 e. The summed E-state index contributed by atoms with van der Waals surface area (Å²) in [4.78, 5) is 23.4. The molecular formula is C16H20Cl3NO3. The first-order valence-corrected chi connectivity index (χ1v) is 8.53. The van der Waals surface area contributed by atoms with Gasteiger partial charge in [0.25, 0.3) is 0 Å². The molecule has 0 spiro atoms. The molecule has 0 aliphatic rings. The van der Waals surface area contributed by atoms with Crippen molar-refractivity contribution in [3.63, 3.8) is 0 Å². The Balaban J connectivity index is 3.26. The second kappa shape index (κ2) is 9.36. The van der Waals surface area contributed by atoms with Crippen molar-refractivity contribution in [2.75, 3.05) is 12.4 Å². The van der Waals surface area contributed by atoms with Crippen molar-refractivity contribution < 1.29 is 14.3 Å². The molecule has 1 aromatic carbocycles. The van der Waals surface area contributed by atoms with E-state index in [0.29, 0.717) is 35.5 Å². The van der Waals surface area contributed by atoms with Crippen LogP contribution in [-0.4, -0.2) is 19.0 Å². The lowest BCUT2D eigenvalue weighted by atomic mass is 9.92. The van der Waals surface area contributed by atoms with Crippen molar-refractivity contribution in [3.05, 3.63) is 26.7 Å². The van der Waals surface area contributed by atoms with Crippen LogP contribution in [-0.2, 0) is 14.3 Å². The van der Waals surface area contributed by atoms with Crippen LogP contribution in [0.3, 0.4) is 0 Å². The zero-order chi connectivity index (χ0) is 17.6. The topological polar surface area (TPSA) is 55.4 Å². The highest BCUT2D eigenvalue weighted by Crippen LogP contribution is 2.43. The van der Waals surface area contributed by atoms with Gasteiger partial charge >= 0.3 is 5.97 Å².